The lowest BCUT2D eigenvalue weighted by Crippen LogP contribution is -2.03. The van der Waals surface area contributed by atoms with E-state index in [1.807, 2.05) is 0 Å². The molecule has 0 saturated heterocycles. The number of hydrogen-bond donors (Lipinski definition) is 2. The minimum absolute atomic E-state index is 0.953. The highest BCUT2D eigenvalue weighted by Gasteiger charge is 2.24. The van der Waals surface area contributed by atoms with Crippen molar-refractivity contribution in [3.63, 3.8) is 0 Å². The molecule has 58 heavy (non-hydrogen) atoms. The Balaban J connectivity index is 1.30. The van der Waals surface area contributed by atoms with Crippen molar-refractivity contribution in [1.29, 1.82) is 0 Å². The average Bonchev–Trinajstić information content (AvgIpc) is 3.26. The summed E-state index contributed by atoms with van der Waals surface area (Å²) in [7, 11) is 0. The first kappa shape index (κ1) is 40.3. The molecule has 2 nitrogen and oxygen atoms in total. The number of hydrogen-bond acceptors (Lipinski definition) is 2. The first-order valence-electron chi connectivity index (χ1n) is 21.7. The summed E-state index contributed by atoms with van der Waals surface area (Å²) in [5.41, 5.74) is 22.6. The van der Waals surface area contributed by atoms with Crippen molar-refractivity contribution in [2.24, 2.45) is 0 Å². The minimum atomic E-state index is 0.953. The van der Waals surface area contributed by atoms with E-state index in [9.17, 15) is 0 Å². The second-order valence-electron chi connectivity index (χ2n) is 15.8. The molecule has 7 aromatic rings. The normalized spacial score (nSPS) is 11.1. The molecule has 0 amide bonds. The Morgan fingerprint density at radius 2 is 0.810 bits per heavy atom. The molecule has 0 atom stereocenters. The molecule has 7 rings (SSSR count). The second kappa shape index (κ2) is 19.1. The Labute approximate surface area is 348 Å². The number of anilines is 4. The Bertz CT molecular complexity index is 2420. The summed E-state index contributed by atoms with van der Waals surface area (Å²) in [6.07, 6.45) is 9.03. The molecular formula is C56H60N2. The van der Waals surface area contributed by atoms with Crippen LogP contribution in [0.5, 0.6) is 0 Å². The van der Waals surface area contributed by atoms with Crippen molar-refractivity contribution in [3.05, 3.63) is 179 Å². The van der Waals surface area contributed by atoms with E-state index in [-0.39, 0.29) is 0 Å². The van der Waals surface area contributed by atoms with Gasteiger partial charge in [0.05, 0.1) is 0 Å². The standard InChI is InChI=1S/C56H60N2/c1-7-11-17-41-21-31-48(32-22-41)57-49-35-29-46(30-36-49)45-25-27-47(28-26-45)51-37-38-52(58-50-33-23-42(24-34-50)18-12-8-2)56(54-40(6)16-14-20-44(54)10-4)55(51)53-39(5)15-13-19-43(53)9-3/h13-16,19-38,57-58H,7-12,17-18H2,1-6H3. The highest BCUT2D eigenvalue weighted by Crippen LogP contribution is 2.49. The van der Waals surface area contributed by atoms with Gasteiger partial charge in [0, 0.05) is 28.3 Å². The van der Waals surface area contributed by atoms with E-state index >= 15 is 0 Å². The molecule has 7 aromatic carbocycles. The molecule has 0 unspecified atom stereocenters. The third kappa shape index (κ3) is 9.13. The summed E-state index contributed by atoms with van der Waals surface area (Å²) in [5, 5.41) is 7.52. The van der Waals surface area contributed by atoms with Gasteiger partial charge >= 0.3 is 0 Å². The van der Waals surface area contributed by atoms with E-state index in [4.69, 9.17) is 0 Å². The zero-order chi connectivity index (χ0) is 40.4. The molecule has 0 bridgehead atoms. The number of rotatable bonds is 16. The Hall–Kier alpha value is -5.86. The SMILES string of the molecule is CCCCc1ccc(Nc2ccc(-c3ccc(-c4ccc(Nc5ccc(CCCC)cc5)c(-c5c(C)cccc5CC)c4-c4c(C)cccc4CC)cc3)cc2)cc1. The van der Waals surface area contributed by atoms with Crippen molar-refractivity contribution in [2.75, 3.05) is 10.6 Å². The van der Waals surface area contributed by atoms with E-state index in [0.717, 1.165) is 48.4 Å². The van der Waals surface area contributed by atoms with Crippen LogP contribution in [-0.2, 0) is 25.7 Å². The average molecular weight is 761 g/mol. The smallest absolute Gasteiger partial charge is 0.0470 e. The van der Waals surface area contributed by atoms with Gasteiger partial charge in [-0.05, 0) is 167 Å². The zero-order valence-corrected chi connectivity index (χ0v) is 35.5. The molecular weight excluding hydrogens is 701 g/mol. The molecule has 0 fully saturated rings. The predicted molar refractivity (Wildman–Crippen MR) is 253 cm³/mol. The summed E-state index contributed by atoms with van der Waals surface area (Å²) < 4.78 is 0. The molecule has 0 radical (unpaired) electrons. The third-order valence-electron chi connectivity index (χ3n) is 11.7. The quantitative estimate of drug-likeness (QED) is 0.102. The zero-order valence-electron chi connectivity index (χ0n) is 35.5. The van der Waals surface area contributed by atoms with Crippen LogP contribution in [0, 0.1) is 13.8 Å². The van der Waals surface area contributed by atoms with E-state index in [2.05, 4.69) is 198 Å². The minimum Gasteiger partial charge on any atom is -0.356 e. The monoisotopic (exact) mass is 760 g/mol. The van der Waals surface area contributed by atoms with Crippen molar-refractivity contribution < 1.29 is 0 Å². The first-order chi connectivity index (χ1) is 28.4. The van der Waals surface area contributed by atoms with Gasteiger partial charge < -0.3 is 10.6 Å². The van der Waals surface area contributed by atoms with Gasteiger partial charge in [-0.25, -0.2) is 0 Å². The third-order valence-corrected chi connectivity index (χ3v) is 11.7. The van der Waals surface area contributed by atoms with E-state index < -0.39 is 0 Å². The van der Waals surface area contributed by atoms with Crippen LogP contribution in [0.15, 0.2) is 146 Å². The summed E-state index contributed by atoms with van der Waals surface area (Å²) in [6.45, 7) is 13.6. The van der Waals surface area contributed by atoms with Crippen molar-refractivity contribution >= 4 is 22.7 Å². The van der Waals surface area contributed by atoms with Gasteiger partial charge in [-0.15, -0.1) is 0 Å². The van der Waals surface area contributed by atoms with Crippen molar-refractivity contribution in [3.8, 4) is 44.5 Å². The summed E-state index contributed by atoms with van der Waals surface area (Å²) in [6, 6.07) is 54.2. The number of unbranched alkanes of at least 4 members (excludes halogenated alkanes) is 2. The van der Waals surface area contributed by atoms with Gasteiger partial charge in [-0.1, -0.05) is 144 Å². The van der Waals surface area contributed by atoms with Gasteiger partial charge in [0.25, 0.3) is 0 Å². The Kier molecular flexibility index (Phi) is 13.3. The molecule has 2 heteroatoms. The molecule has 0 heterocycles. The fourth-order valence-corrected chi connectivity index (χ4v) is 8.41. The number of aryl methyl sites for hydroxylation is 6. The Morgan fingerprint density at radius 1 is 0.379 bits per heavy atom. The van der Waals surface area contributed by atoms with Crippen molar-refractivity contribution in [1.82, 2.24) is 0 Å². The molecule has 0 aliphatic carbocycles. The Morgan fingerprint density at radius 3 is 1.29 bits per heavy atom. The summed E-state index contributed by atoms with van der Waals surface area (Å²) >= 11 is 0. The van der Waals surface area contributed by atoms with Crippen LogP contribution in [0.3, 0.4) is 0 Å². The van der Waals surface area contributed by atoms with Gasteiger partial charge in [0.1, 0.15) is 0 Å². The predicted octanol–water partition coefficient (Wildman–Crippen LogP) is 16.3. The maximum Gasteiger partial charge on any atom is 0.0470 e. The summed E-state index contributed by atoms with van der Waals surface area (Å²) in [4.78, 5) is 0. The van der Waals surface area contributed by atoms with E-state index in [1.54, 1.807) is 0 Å². The van der Waals surface area contributed by atoms with Crippen LogP contribution < -0.4 is 10.6 Å². The van der Waals surface area contributed by atoms with Crippen LogP contribution in [0.1, 0.15) is 86.8 Å². The summed E-state index contributed by atoms with van der Waals surface area (Å²) in [5.74, 6) is 0. The molecule has 0 aromatic heterocycles. The van der Waals surface area contributed by atoms with Gasteiger partial charge in [-0.3, -0.25) is 0 Å². The number of benzene rings is 7. The molecule has 294 valence electrons. The van der Waals surface area contributed by atoms with Crippen LogP contribution >= 0.6 is 0 Å². The highest BCUT2D eigenvalue weighted by molar-refractivity contribution is 6.03. The lowest BCUT2D eigenvalue weighted by molar-refractivity contribution is 0.795. The lowest BCUT2D eigenvalue weighted by atomic mass is 9.80. The van der Waals surface area contributed by atoms with Crippen LogP contribution in [0.4, 0.5) is 22.7 Å². The molecule has 0 spiro atoms. The number of nitrogens with one attached hydrogen (secondary N) is 2. The molecule has 0 saturated carbocycles. The van der Waals surface area contributed by atoms with Gasteiger partial charge in [0.15, 0.2) is 0 Å². The van der Waals surface area contributed by atoms with Crippen LogP contribution in [-0.4, -0.2) is 0 Å². The second-order valence-corrected chi connectivity index (χ2v) is 15.8. The van der Waals surface area contributed by atoms with Gasteiger partial charge in [0.2, 0.25) is 0 Å². The van der Waals surface area contributed by atoms with Crippen LogP contribution in [0.25, 0.3) is 44.5 Å². The largest absolute Gasteiger partial charge is 0.356 e. The lowest BCUT2D eigenvalue weighted by Gasteiger charge is -2.26. The van der Waals surface area contributed by atoms with E-state index in [1.165, 1.54) is 104 Å². The van der Waals surface area contributed by atoms with Crippen LogP contribution in [0.2, 0.25) is 0 Å². The van der Waals surface area contributed by atoms with Gasteiger partial charge in [-0.2, -0.15) is 0 Å². The maximum absolute atomic E-state index is 3.93. The fraction of sp³-hybridized carbons (Fsp3) is 0.250. The fourth-order valence-electron chi connectivity index (χ4n) is 8.41. The first-order valence-corrected chi connectivity index (χ1v) is 21.7. The van der Waals surface area contributed by atoms with E-state index in [0.29, 0.717) is 0 Å². The maximum atomic E-state index is 3.93. The topological polar surface area (TPSA) is 24.1 Å². The van der Waals surface area contributed by atoms with Crippen molar-refractivity contribution in [2.45, 2.75) is 92.9 Å². The molecule has 2 N–H and O–H groups in total. The molecule has 0 aliphatic rings. The molecule has 0 aliphatic heterocycles. The highest BCUT2D eigenvalue weighted by atomic mass is 14.9.